The van der Waals surface area contributed by atoms with Crippen molar-refractivity contribution >= 4 is 11.5 Å². The van der Waals surface area contributed by atoms with E-state index in [1.54, 1.807) is 12.1 Å². The summed E-state index contributed by atoms with van der Waals surface area (Å²) < 4.78 is 22.9. The van der Waals surface area contributed by atoms with Crippen LogP contribution in [-0.2, 0) is 13.0 Å². The van der Waals surface area contributed by atoms with Crippen LogP contribution in [0.2, 0.25) is 0 Å². The van der Waals surface area contributed by atoms with Gasteiger partial charge in [0.1, 0.15) is 17.4 Å². The number of nitrogens with two attached hydrogens (primary N) is 1. The first-order valence-electron chi connectivity index (χ1n) is 5.22. The molecule has 0 aliphatic carbocycles. The molecule has 2 aromatic rings. The van der Waals surface area contributed by atoms with Gasteiger partial charge in [0.25, 0.3) is 5.19 Å². The Morgan fingerprint density at radius 1 is 1.47 bits per heavy atom. The van der Waals surface area contributed by atoms with Crippen molar-refractivity contribution in [2.75, 3.05) is 0 Å². The molecule has 0 aliphatic rings. The van der Waals surface area contributed by atoms with Crippen LogP contribution in [0.1, 0.15) is 18.3 Å². The summed E-state index contributed by atoms with van der Waals surface area (Å²) in [7, 11) is 0. The quantitative estimate of drug-likeness (QED) is 0.909. The van der Waals surface area contributed by atoms with E-state index in [9.17, 15) is 4.39 Å². The maximum atomic E-state index is 13.4. The third kappa shape index (κ3) is 2.78. The van der Waals surface area contributed by atoms with Crippen molar-refractivity contribution in [1.82, 2.24) is 9.36 Å². The molecule has 0 bridgehead atoms. The van der Waals surface area contributed by atoms with Crippen LogP contribution in [-0.4, -0.2) is 9.36 Å². The molecule has 90 valence electrons. The van der Waals surface area contributed by atoms with Crippen LogP contribution in [0.3, 0.4) is 0 Å². The van der Waals surface area contributed by atoms with Crippen molar-refractivity contribution in [2.24, 2.45) is 5.73 Å². The Morgan fingerprint density at radius 2 is 2.29 bits per heavy atom. The van der Waals surface area contributed by atoms with Gasteiger partial charge in [0.2, 0.25) is 0 Å². The molecule has 0 amide bonds. The number of aromatic nitrogens is 2. The Bertz CT molecular complexity index is 515. The minimum absolute atomic E-state index is 0.172. The molecule has 0 saturated heterocycles. The maximum absolute atomic E-state index is 13.4. The van der Waals surface area contributed by atoms with Crippen molar-refractivity contribution in [3.8, 4) is 10.9 Å². The van der Waals surface area contributed by atoms with Crippen LogP contribution >= 0.6 is 11.5 Å². The molecule has 0 aliphatic heterocycles. The monoisotopic (exact) mass is 253 g/mol. The van der Waals surface area contributed by atoms with Gasteiger partial charge in [0, 0.05) is 36.1 Å². The van der Waals surface area contributed by atoms with E-state index in [0.29, 0.717) is 16.5 Å². The Morgan fingerprint density at radius 3 is 2.88 bits per heavy atom. The molecule has 0 spiro atoms. The lowest BCUT2D eigenvalue weighted by Gasteiger charge is -2.03. The average Bonchev–Trinajstić information content (AvgIpc) is 2.77. The van der Waals surface area contributed by atoms with Crippen LogP contribution in [0.25, 0.3) is 0 Å². The predicted molar refractivity (Wildman–Crippen MR) is 63.7 cm³/mol. The van der Waals surface area contributed by atoms with E-state index in [-0.39, 0.29) is 12.4 Å². The highest BCUT2D eigenvalue weighted by Gasteiger charge is 2.07. The van der Waals surface area contributed by atoms with Crippen LogP contribution in [0.4, 0.5) is 4.39 Å². The first-order valence-corrected chi connectivity index (χ1v) is 5.99. The minimum atomic E-state index is -0.370. The Hall–Kier alpha value is -1.53. The van der Waals surface area contributed by atoms with Crippen molar-refractivity contribution in [1.29, 1.82) is 0 Å². The lowest BCUT2D eigenvalue weighted by molar-refractivity contribution is 0.470. The molecule has 0 radical (unpaired) electrons. The van der Waals surface area contributed by atoms with Crippen LogP contribution in [0, 0.1) is 5.82 Å². The molecule has 1 heterocycles. The second kappa shape index (κ2) is 5.20. The zero-order valence-electron chi connectivity index (χ0n) is 9.31. The first-order chi connectivity index (χ1) is 8.22. The molecule has 4 nitrogen and oxygen atoms in total. The molecule has 0 saturated carbocycles. The topological polar surface area (TPSA) is 61.0 Å². The van der Waals surface area contributed by atoms with Crippen molar-refractivity contribution in [3.63, 3.8) is 0 Å². The molecular weight excluding hydrogens is 241 g/mol. The molecule has 6 heteroatoms. The summed E-state index contributed by atoms with van der Waals surface area (Å²) in [4.78, 5) is 4.13. The molecule has 0 atom stereocenters. The molecule has 1 aromatic heterocycles. The van der Waals surface area contributed by atoms with E-state index >= 15 is 0 Å². The summed E-state index contributed by atoms with van der Waals surface area (Å²) in [6.45, 7) is 2.13. The third-order valence-corrected chi connectivity index (χ3v) is 2.85. The average molecular weight is 253 g/mol. The SMILES string of the molecule is CCc1nsc(Oc2ccc(CN)c(F)c2)n1. The van der Waals surface area contributed by atoms with Crippen LogP contribution < -0.4 is 10.5 Å². The van der Waals surface area contributed by atoms with Gasteiger partial charge >= 0.3 is 0 Å². The van der Waals surface area contributed by atoms with Crippen molar-refractivity contribution in [2.45, 2.75) is 19.9 Å². The zero-order valence-corrected chi connectivity index (χ0v) is 10.1. The van der Waals surface area contributed by atoms with Crippen LogP contribution in [0.15, 0.2) is 18.2 Å². The highest BCUT2D eigenvalue weighted by Crippen LogP contribution is 2.24. The van der Waals surface area contributed by atoms with Crippen molar-refractivity contribution < 1.29 is 9.13 Å². The normalized spacial score (nSPS) is 10.5. The first kappa shape index (κ1) is 11.9. The van der Waals surface area contributed by atoms with Gasteiger partial charge in [-0.15, -0.1) is 0 Å². The number of nitrogens with zero attached hydrogens (tertiary/aromatic N) is 2. The highest BCUT2D eigenvalue weighted by molar-refractivity contribution is 7.07. The van der Waals surface area contributed by atoms with Crippen molar-refractivity contribution in [3.05, 3.63) is 35.4 Å². The molecule has 1 aromatic carbocycles. The zero-order chi connectivity index (χ0) is 12.3. The van der Waals surface area contributed by atoms with Crippen LogP contribution in [0.5, 0.6) is 10.9 Å². The van der Waals surface area contributed by atoms with Gasteiger partial charge in [-0.1, -0.05) is 13.0 Å². The second-order valence-electron chi connectivity index (χ2n) is 3.39. The predicted octanol–water partition coefficient (Wildman–Crippen LogP) is 2.49. The lowest BCUT2D eigenvalue weighted by atomic mass is 10.2. The summed E-state index contributed by atoms with van der Waals surface area (Å²) >= 11 is 1.15. The molecular formula is C11H12FN3OS. The lowest BCUT2D eigenvalue weighted by Crippen LogP contribution is -1.99. The fraction of sp³-hybridized carbons (Fsp3) is 0.273. The number of hydrogen-bond acceptors (Lipinski definition) is 5. The Balaban J connectivity index is 2.15. The fourth-order valence-corrected chi connectivity index (χ4v) is 1.91. The van der Waals surface area contributed by atoms with Gasteiger partial charge in [-0.3, -0.25) is 0 Å². The highest BCUT2D eigenvalue weighted by atomic mass is 32.1. The Labute approximate surface area is 102 Å². The molecule has 0 unspecified atom stereocenters. The van der Waals surface area contributed by atoms with Gasteiger partial charge in [0.15, 0.2) is 0 Å². The molecule has 2 rings (SSSR count). The smallest absolute Gasteiger partial charge is 0.298 e. The standard InChI is InChI=1S/C11H12FN3OS/c1-2-10-14-11(17-15-10)16-8-4-3-7(6-13)9(12)5-8/h3-5H,2,6,13H2,1H3. The van der Waals surface area contributed by atoms with E-state index in [2.05, 4.69) is 9.36 Å². The second-order valence-corrected chi connectivity index (χ2v) is 4.10. The summed E-state index contributed by atoms with van der Waals surface area (Å²) in [6, 6.07) is 4.57. The van der Waals surface area contributed by atoms with E-state index in [1.165, 1.54) is 6.07 Å². The number of aryl methyl sites for hydroxylation is 1. The number of benzene rings is 1. The molecule has 2 N–H and O–H groups in total. The van der Waals surface area contributed by atoms with E-state index in [1.807, 2.05) is 6.92 Å². The molecule has 17 heavy (non-hydrogen) atoms. The number of hydrogen-bond donors (Lipinski definition) is 1. The van der Waals surface area contributed by atoms with E-state index in [4.69, 9.17) is 10.5 Å². The Kier molecular flexibility index (Phi) is 3.65. The minimum Gasteiger partial charge on any atom is -0.430 e. The van der Waals surface area contributed by atoms with Gasteiger partial charge in [-0.25, -0.2) is 4.39 Å². The summed E-state index contributed by atoms with van der Waals surface area (Å²) in [5, 5.41) is 0.418. The summed E-state index contributed by atoms with van der Waals surface area (Å²) in [5.41, 5.74) is 5.84. The number of rotatable bonds is 4. The van der Waals surface area contributed by atoms with E-state index in [0.717, 1.165) is 23.8 Å². The van der Waals surface area contributed by atoms with E-state index < -0.39 is 0 Å². The largest absolute Gasteiger partial charge is 0.430 e. The van der Waals surface area contributed by atoms with Gasteiger partial charge < -0.3 is 10.5 Å². The van der Waals surface area contributed by atoms with Gasteiger partial charge in [-0.2, -0.15) is 9.36 Å². The number of ether oxygens (including phenoxy) is 1. The fourth-order valence-electron chi connectivity index (χ4n) is 1.28. The maximum Gasteiger partial charge on any atom is 0.298 e. The molecule has 0 fully saturated rings. The van der Waals surface area contributed by atoms with Gasteiger partial charge in [-0.05, 0) is 6.07 Å². The third-order valence-electron chi connectivity index (χ3n) is 2.22. The number of halogens is 1. The summed E-state index contributed by atoms with van der Waals surface area (Å²) in [6.07, 6.45) is 0.750. The van der Waals surface area contributed by atoms with Gasteiger partial charge in [0.05, 0.1) is 0 Å². The summed E-state index contributed by atoms with van der Waals surface area (Å²) in [5.74, 6) is 0.757.